The molecule has 1 unspecified atom stereocenters. The minimum absolute atomic E-state index is 0.00142. The minimum atomic E-state index is -1.11. The van der Waals surface area contributed by atoms with E-state index in [9.17, 15) is 19.5 Å². The van der Waals surface area contributed by atoms with E-state index in [1.54, 1.807) is 42.2 Å². The number of hydrogen-bond acceptors (Lipinski definition) is 5. The zero-order valence-electron chi connectivity index (χ0n) is 13.2. The number of amides is 3. The highest BCUT2D eigenvalue weighted by molar-refractivity contribution is 6.20. The van der Waals surface area contributed by atoms with Gasteiger partial charge in [-0.05, 0) is 12.1 Å². The first kappa shape index (κ1) is 15.3. The fourth-order valence-corrected chi connectivity index (χ4v) is 3.11. The molecule has 2 aliphatic rings. The summed E-state index contributed by atoms with van der Waals surface area (Å²) in [5.41, 5.74) is 1.86. The van der Waals surface area contributed by atoms with Crippen LogP contribution in [-0.2, 0) is 18.4 Å². The number of aromatic nitrogens is 2. The first-order valence-corrected chi connectivity index (χ1v) is 7.60. The SMILES string of the molecule is Cn1ncc2c1CN(C(=O)O)CC2ON1C(=O)c2ccccc2C1=O. The zero-order chi connectivity index (χ0) is 17.7. The van der Waals surface area contributed by atoms with Gasteiger partial charge in [0.2, 0.25) is 0 Å². The van der Waals surface area contributed by atoms with E-state index in [4.69, 9.17) is 4.84 Å². The second kappa shape index (κ2) is 5.42. The van der Waals surface area contributed by atoms with Gasteiger partial charge in [0, 0.05) is 12.6 Å². The van der Waals surface area contributed by atoms with Crippen LogP contribution in [0.4, 0.5) is 4.79 Å². The van der Waals surface area contributed by atoms with E-state index in [2.05, 4.69) is 5.10 Å². The predicted octanol–water partition coefficient (Wildman–Crippen LogP) is 1.18. The molecule has 9 nitrogen and oxygen atoms in total. The summed E-state index contributed by atoms with van der Waals surface area (Å²) >= 11 is 0. The number of benzene rings is 1. The molecule has 0 bridgehead atoms. The number of hydrogen-bond donors (Lipinski definition) is 1. The van der Waals surface area contributed by atoms with Crippen LogP contribution in [0, 0.1) is 0 Å². The Kier molecular flexibility index (Phi) is 3.32. The average Bonchev–Trinajstić information content (AvgIpc) is 3.09. The maximum absolute atomic E-state index is 12.4. The molecule has 1 aromatic heterocycles. The smallest absolute Gasteiger partial charge is 0.407 e. The van der Waals surface area contributed by atoms with Crippen molar-refractivity contribution in [2.24, 2.45) is 7.05 Å². The summed E-state index contributed by atoms with van der Waals surface area (Å²) in [4.78, 5) is 43.1. The molecule has 0 saturated carbocycles. The van der Waals surface area contributed by atoms with Crippen LogP contribution in [0.3, 0.4) is 0 Å². The maximum Gasteiger partial charge on any atom is 0.407 e. The van der Waals surface area contributed by atoms with Gasteiger partial charge in [-0.3, -0.25) is 24.0 Å². The quantitative estimate of drug-likeness (QED) is 0.822. The Hall–Kier alpha value is -3.20. The fourth-order valence-electron chi connectivity index (χ4n) is 3.11. The Balaban J connectivity index is 1.66. The van der Waals surface area contributed by atoms with Gasteiger partial charge in [0.25, 0.3) is 11.8 Å². The van der Waals surface area contributed by atoms with Gasteiger partial charge in [-0.2, -0.15) is 5.10 Å². The van der Waals surface area contributed by atoms with Crippen molar-refractivity contribution in [1.29, 1.82) is 0 Å². The van der Waals surface area contributed by atoms with E-state index in [1.807, 2.05) is 0 Å². The van der Waals surface area contributed by atoms with Crippen molar-refractivity contribution in [3.8, 4) is 0 Å². The van der Waals surface area contributed by atoms with E-state index in [0.29, 0.717) is 16.3 Å². The topological polar surface area (TPSA) is 105 Å². The van der Waals surface area contributed by atoms with Crippen LogP contribution in [-0.4, -0.2) is 49.3 Å². The number of carbonyl (C=O) groups is 3. The van der Waals surface area contributed by atoms with Gasteiger partial charge in [0.15, 0.2) is 0 Å². The molecule has 0 spiro atoms. The molecular formula is C16H14N4O5. The summed E-state index contributed by atoms with van der Waals surface area (Å²) in [6, 6.07) is 6.44. The summed E-state index contributed by atoms with van der Waals surface area (Å²) in [5, 5.41) is 14.1. The molecule has 9 heteroatoms. The molecule has 0 radical (unpaired) electrons. The lowest BCUT2D eigenvalue weighted by Crippen LogP contribution is -2.42. The third kappa shape index (κ3) is 2.28. The lowest BCUT2D eigenvalue weighted by Gasteiger charge is -2.32. The van der Waals surface area contributed by atoms with Gasteiger partial charge < -0.3 is 5.11 Å². The Morgan fingerprint density at radius 1 is 1.24 bits per heavy atom. The van der Waals surface area contributed by atoms with E-state index >= 15 is 0 Å². The largest absolute Gasteiger partial charge is 0.465 e. The van der Waals surface area contributed by atoms with Gasteiger partial charge in [-0.15, -0.1) is 5.06 Å². The summed E-state index contributed by atoms with van der Waals surface area (Å²) in [6.45, 7) is 0.171. The molecule has 1 N–H and O–H groups in total. The normalized spacial score (nSPS) is 19.2. The third-order valence-corrected chi connectivity index (χ3v) is 4.43. The Bertz CT molecular complexity index is 871. The molecule has 3 amide bonds. The number of rotatable bonds is 2. The van der Waals surface area contributed by atoms with Crippen LogP contribution in [0.25, 0.3) is 0 Å². The molecule has 25 heavy (non-hydrogen) atoms. The molecule has 1 atom stereocenters. The van der Waals surface area contributed by atoms with E-state index < -0.39 is 24.0 Å². The van der Waals surface area contributed by atoms with Crippen molar-refractivity contribution in [2.75, 3.05) is 6.54 Å². The van der Waals surface area contributed by atoms with Crippen molar-refractivity contribution in [1.82, 2.24) is 19.7 Å². The average molecular weight is 342 g/mol. The summed E-state index contributed by atoms with van der Waals surface area (Å²) < 4.78 is 1.56. The monoisotopic (exact) mass is 342 g/mol. The number of nitrogens with zero attached hydrogens (tertiary/aromatic N) is 4. The third-order valence-electron chi connectivity index (χ3n) is 4.43. The standard InChI is InChI=1S/C16H14N4O5/c1-18-12-7-19(16(23)24)8-13(11(12)6-17-18)25-20-14(21)9-4-2-3-5-10(9)15(20)22/h2-6,13H,7-8H2,1H3,(H,23,24). The number of fused-ring (bicyclic) bond motifs is 2. The number of carboxylic acid groups (broad SMARTS) is 1. The van der Waals surface area contributed by atoms with Crippen molar-refractivity contribution in [2.45, 2.75) is 12.6 Å². The van der Waals surface area contributed by atoms with Crippen LogP contribution in [0.5, 0.6) is 0 Å². The molecule has 2 aliphatic heterocycles. The van der Waals surface area contributed by atoms with Crippen LogP contribution in [0.15, 0.2) is 30.5 Å². The highest BCUT2D eigenvalue weighted by atomic mass is 16.7. The molecule has 0 aliphatic carbocycles. The Morgan fingerprint density at radius 3 is 2.48 bits per heavy atom. The van der Waals surface area contributed by atoms with E-state index in [0.717, 1.165) is 4.90 Å². The second-order valence-corrected chi connectivity index (χ2v) is 5.88. The Labute approximate surface area is 142 Å². The van der Waals surface area contributed by atoms with Gasteiger partial charge >= 0.3 is 6.09 Å². The molecule has 128 valence electrons. The number of carbonyl (C=O) groups excluding carboxylic acids is 2. The molecule has 1 aromatic carbocycles. The lowest BCUT2D eigenvalue weighted by atomic mass is 10.1. The number of aryl methyl sites for hydroxylation is 1. The van der Waals surface area contributed by atoms with Crippen LogP contribution < -0.4 is 0 Å². The molecule has 4 rings (SSSR count). The van der Waals surface area contributed by atoms with Crippen LogP contribution >= 0.6 is 0 Å². The zero-order valence-corrected chi connectivity index (χ0v) is 13.2. The summed E-state index contributed by atoms with van der Waals surface area (Å²) in [5.74, 6) is -1.11. The molecule has 3 heterocycles. The minimum Gasteiger partial charge on any atom is -0.465 e. The van der Waals surface area contributed by atoms with E-state index in [-0.39, 0.29) is 24.2 Å². The van der Waals surface area contributed by atoms with Gasteiger partial charge in [-0.1, -0.05) is 12.1 Å². The van der Waals surface area contributed by atoms with Crippen molar-refractivity contribution < 1.29 is 24.3 Å². The van der Waals surface area contributed by atoms with Crippen LogP contribution in [0.1, 0.15) is 38.1 Å². The van der Waals surface area contributed by atoms with Crippen molar-refractivity contribution in [3.05, 3.63) is 52.8 Å². The molecule has 0 fully saturated rings. The first-order chi connectivity index (χ1) is 12.0. The second-order valence-electron chi connectivity index (χ2n) is 5.88. The molecule has 0 saturated heterocycles. The first-order valence-electron chi connectivity index (χ1n) is 7.60. The summed E-state index contributed by atoms with van der Waals surface area (Å²) in [7, 11) is 1.70. The number of imide groups is 1. The van der Waals surface area contributed by atoms with Crippen molar-refractivity contribution in [3.63, 3.8) is 0 Å². The van der Waals surface area contributed by atoms with Gasteiger partial charge in [-0.25, -0.2) is 4.79 Å². The van der Waals surface area contributed by atoms with E-state index in [1.165, 1.54) is 0 Å². The molecule has 2 aromatic rings. The predicted molar refractivity (Wildman–Crippen MR) is 82.4 cm³/mol. The van der Waals surface area contributed by atoms with Gasteiger partial charge in [0.1, 0.15) is 6.10 Å². The highest BCUT2D eigenvalue weighted by Crippen LogP contribution is 2.32. The van der Waals surface area contributed by atoms with Crippen LogP contribution in [0.2, 0.25) is 0 Å². The van der Waals surface area contributed by atoms with Crippen molar-refractivity contribution >= 4 is 17.9 Å². The highest BCUT2D eigenvalue weighted by Gasteiger charge is 2.41. The fraction of sp³-hybridized carbons (Fsp3) is 0.250. The number of hydroxylamine groups is 2. The molecular weight excluding hydrogens is 328 g/mol. The summed E-state index contributed by atoms with van der Waals surface area (Å²) in [6.07, 6.45) is -0.337. The maximum atomic E-state index is 12.4. The lowest BCUT2D eigenvalue weighted by molar-refractivity contribution is -0.143. The Morgan fingerprint density at radius 2 is 1.88 bits per heavy atom. The van der Waals surface area contributed by atoms with Gasteiger partial charge in [0.05, 0.1) is 36.1 Å².